The van der Waals surface area contributed by atoms with E-state index < -0.39 is 0 Å². The molecule has 3 rings (SSSR count). The number of carbonyl (C=O) groups excluding carboxylic acids is 1. The van der Waals surface area contributed by atoms with Crippen LogP contribution < -0.4 is 4.74 Å². The number of hydrogen-bond donors (Lipinski definition) is 0. The molecule has 0 aliphatic carbocycles. The molecule has 0 amide bonds. The number of ether oxygens (including phenoxy) is 1. The van der Waals surface area contributed by atoms with Crippen molar-refractivity contribution in [3.05, 3.63) is 52.9 Å². The lowest BCUT2D eigenvalue weighted by Crippen LogP contribution is -2.18. The summed E-state index contributed by atoms with van der Waals surface area (Å²) in [6, 6.07) is 6.06. The monoisotopic (exact) mass is 339 g/mol. The number of benzene rings is 1. The molecule has 0 N–H and O–H groups in total. The third-order valence-corrected chi connectivity index (χ3v) is 4.60. The highest BCUT2D eigenvalue weighted by molar-refractivity contribution is 6.07. The normalized spacial score (nSPS) is 15.2. The van der Waals surface area contributed by atoms with Crippen LogP contribution in [-0.2, 0) is 13.6 Å². The van der Waals surface area contributed by atoms with E-state index in [9.17, 15) is 4.79 Å². The Hall–Kier alpha value is -2.40. The van der Waals surface area contributed by atoms with Gasteiger partial charge in [-0.15, -0.1) is 0 Å². The minimum atomic E-state index is -0.0255. The van der Waals surface area contributed by atoms with Crippen LogP contribution in [0, 0.1) is 6.92 Å². The van der Waals surface area contributed by atoms with Gasteiger partial charge in [-0.25, -0.2) is 0 Å². The molecular weight excluding hydrogens is 314 g/mol. The molecule has 1 aliphatic heterocycles. The van der Waals surface area contributed by atoms with Gasteiger partial charge in [0.1, 0.15) is 5.75 Å². The number of nitrogens with zero attached hydrogens (tertiary/aromatic N) is 3. The molecule has 0 unspecified atom stereocenters. The molecule has 1 aromatic heterocycles. The molecule has 0 spiro atoms. The highest BCUT2D eigenvalue weighted by Crippen LogP contribution is 2.24. The second kappa shape index (κ2) is 7.66. The number of methoxy groups -OCH3 is 1. The molecule has 0 atom stereocenters. The molecular formula is C20H25N3O2. The fourth-order valence-corrected chi connectivity index (χ4v) is 3.31. The molecule has 5 nitrogen and oxygen atoms in total. The molecule has 1 aromatic carbocycles. The molecule has 1 fully saturated rings. The summed E-state index contributed by atoms with van der Waals surface area (Å²) >= 11 is 0. The van der Waals surface area contributed by atoms with Gasteiger partial charge in [0.2, 0.25) is 0 Å². The first-order chi connectivity index (χ1) is 12.1. The van der Waals surface area contributed by atoms with Gasteiger partial charge >= 0.3 is 0 Å². The second-order valence-electron chi connectivity index (χ2n) is 6.55. The maximum absolute atomic E-state index is 12.4. The van der Waals surface area contributed by atoms with Gasteiger partial charge < -0.3 is 4.74 Å². The van der Waals surface area contributed by atoms with Crippen molar-refractivity contribution in [2.24, 2.45) is 7.05 Å². The molecule has 132 valence electrons. The van der Waals surface area contributed by atoms with Crippen molar-refractivity contribution in [2.75, 3.05) is 20.2 Å². The van der Waals surface area contributed by atoms with E-state index in [1.165, 1.54) is 12.8 Å². The van der Waals surface area contributed by atoms with Crippen LogP contribution in [0.15, 0.2) is 30.5 Å². The van der Waals surface area contributed by atoms with E-state index in [2.05, 4.69) is 16.1 Å². The minimum Gasteiger partial charge on any atom is -0.496 e. The second-order valence-corrected chi connectivity index (χ2v) is 6.55. The molecule has 5 heteroatoms. The Morgan fingerprint density at radius 2 is 2.08 bits per heavy atom. The SMILES string of the molecule is COc1ccc(/C=C/C(=O)c2cn(C)nc2C)cc1CN1CCCC1. The van der Waals surface area contributed by atoms with Gasteiger partial charge in [-0.3, -0.25) is 14.4 Å². The summed E-state index contributed by atoms with van der Waals surface area (Å²) in [4.78, 5) is 14.8. The third kappa shape index (κ3) is 4.17. The van der Waals surface area contributed by atoms with Crippen molar-refractivity contribution in [3.63, 3.8) is 0 Å². The van der Waals surface area contributed by atoms with E-state index in [0.29, 0.717) is 5.56 Å². The summed E-state index contributed by atoms with van der Waals surface area (Å²) < 4.78 is 7.16. The number of aromatic nitrogens is 2. The summed E-state index contributed by atoms with van der Waals surface area (Å²) in [6.45, 7) is 5.02. The Morgan fingerprint density at radius 1 is 1.32 bits per heavy atom. The number of likely N-dealkylation sites (tertiary alicyclic amines) is 1. The van der Waals surface area contributed by atoms with Gasteiger partial charge in [0, 0.05) is 25.4 Å². The van der Waals surface area contributed by atoms with Crippen LogP contribution in [0.2, 0.25) is 0 Å². The van der Waals surface area contributed by atoms with Crippen LogP contribution in [-0.4, -0.2) is 40.7 Å². The summed E-state index contributed by atoms with van der Waals surface area (Å²) in [5.74, 6) is 0.876. The first-order valence-electron chi connectivity index (χ1n) is 8.69. The van der Waals surface area contributed by atoms with E-state index in [1.54, 1.807) is 24.1 Å². The molecule has 25 heavy (non-hydrogen) atoms. The maximum atomic E-state index is 12.4. The Bertz CT molecular complexity index is 786. The van der Waals surface area contributed by atoms with Crippen molar-refractivity contribution in [1.82, 2.24) is 14.7 Å². The van der Waals surface area contributed by atoms with Gasteiger partial charge in [0.15, 0.2) is 5.78 Å². The summed E-state index contributed by atoms with van der Waals surface area (Å²) in [6.07, 6.45) is 7.77. The van der Waals surface area contributed by atoms with Gasteiger partial charge in [-0.1, -0.05) is 12.1 Å². The van der Waals surface area contributed by atoms with E-state index in [1.807, 2.05) is 32.2 Å². The molecule has 2 heterocycles. The van der Waals surface area contributed by atoms with Gasteiger partial charge in [-0.05, 0) is 56.6 Å². The molecule has 2 aromatic rings. The van der Waals surface area contributed by atoms with Crippen molar-refractivity contribution in [2.45, 2.75) is 26.3 Å². The third-order valence-electron chi connectivity index (χ3n) is 4.60. The number of allylic oxidation sites excluding steroid dienone is 1. The highest BCUT2D eigenvalue weighted by Gasteiger charge is 2.14. The predicted molar refractivity (Wildman–Crippen MR) is 98.8 cm³/mol. The number of carbonyl (C=O) groups is 1. The Kier molecular flexibility index (Phi) is 5.34. The minimum absolute atomic E-state index is 0.0255. The van der Waals surface area contributed by atoms with Crippen LogP contribution in [0.3, 0.4) is 0 Å². The number of rotatable bonds is 6. The lowest BCUT2D eigenvalue weighted by atomic mass is 10.1. The van der Waals surface area contributed by atoms with E-state index in [4.69, 9.17) is 4.74 Å². The zero-order valence-electron chi connectivity index (χ0n) is 15.2. The first kappa shape index (κ1) is 17.4. The fourth-order valence-electron chi connectivity index (χ4n) is 3.31. The number of ketones is 1. The lowest BCUT2D eigenvalue weighted by Gasteiger charge is -2.17. The van der Waals surface area contributed by atoms with E-state index in [0.717, 1.165) is 42.2 Å². The summed E-state index contributed by atoms with van der Waals surface area (Å²) in [7, 11) is 3.52. The lowest BCUT2D eigenvalue weighted by molar-refractivity contribution is 0.104. The highest BCUT2D eigenvalue weighted by atomic mass is 16.5. The first-order valence-corrected chi connectivity index (χ1v) is 8.69. The number of aryl methyl sites for hydroxylation is 2. The zero-order valence-corrected chi connectivity index (χ0v) is 15.2. The van der Waals surface area contributed by atoms with Crippen LogP contribution in [0.25, 0.3) is 6.08 Å². The fraction of sp³-hybridized carbons (Fsp3) is 0.400. The standard InChI is InChI=1S/C20H25N3O2/c1-15-18(14-22(2)21-15)19(24)8-6-16-7-9-20(25-3)17(12-16)13-23-10-4-5-11-23/h6-9,12,14H,4-5,10-11,13H2,1-3H3/b8-6+. The van der Waals surface area contributed by atoms with Crippen LogP contribution >= 0.6 is 0 Å². The van der Waals surface area contributed by atoms with Crippen LogP contribution in [0.1, 0.15) is 40.0 Å². The molecule has 0 radical (unpaired) electrons. The largest absolute Gasteiger partial charge is 0.496 e. The number of hydrogen-bond acceptors (Lipinski definition) is 4. The van der Waals surface area contributed by atoms with E-state index >= 15 is 0 Å². The summed E-state index contributed by atoms with van der Waals surface area (Å²) in [5, 5.41) is 4.22. The smallest absolute Gasteiger partial charge is 0.189 e. The maximum Gasteiger partial charge on any atom is 0.189 e. The Morgan fingerprint density at radius 3 is 2.72 bits per heavy atom. The average Bonchev–Trinajstić information content (AvgIpc) is 3.22. The van der Waals surface area contributed by atoms with Gasteiger partial charge in [0.25, 0.3) is 0 Å². The van der Waals surface area contributed by atoms with Crippen LogP contribution in [0.5, 0.6) is 5.75 Å². The summed E-state index contributed by atoms with van der Waals surface area (Å²) in [5.41, 5.74) is 3.56. The van der Waals surface area contributed by atoms with Gasteiger partial charge in [0.05, 0.1) is 18.4 Å². The van der Waals surface area contributed by atoms with Gasteiger partial charge in [-0.2, -0.15) is 5.10 Å². The molecule has 1 aliphatic rings. The Balaban J connectivity index is 1.77. The van der Waals surface area contributed by atoms with Crippen molar-refractivity contribution in [1.29, 1.82) is 0 Å². The molecule has 0 saturated carbocycles. The van der Waals surface area contributed by atoms with Crippen molar-refractivity contribution in [3.8, 4) is 5.75 Å². The topological polar surface area (TPSA) is 47.4 Å². The molecule has 0 bridgehead atoms. The average molecular weight is 339 g/mol. The molecule has 1 saturated heterocycles. The quantitative estimate of drug-likeness (QED) is 0.599. The van der Waals surface area contributed by atoms with Crippen molar-refractivity contribution >= 4 is 11.9 Å². The zero-order chi connectivity index (χ0) is 17.8. The van der Waals surface area contributed by atoms with E-state index in [-0.39, 0.29) is 5.78 Å². The van der Waals surface area contributed by atoms with Crippen LogP contribution in [0.4, 0.5) is 0 Å². The van der Waals surface area contributed by atoms with Crippen molar-refractivity contribution < 1.29 is 9.53 Å². The Labute approximate surface area is 148 Å². The predicted octanol–water partition coefficient (Wildman–Crippen LogP) is 3.23.